The lowest BCUT2D eigenvalue weighted by molar-refractivity contribution is 0.112. The first kappa shape index (κ1) is 17.2. The molecule has 1 aromatic carbocycles. The molecule has 0 bridgehead atoms. The van der Waals surface area contributed by atoms with Crippen molar-refractivity contribution in [3.8, 4) is 16.3 Å². The number of benzene rings is 1. The molecule has 0 aliphatic carbocycles. The van der Waals surface area contributed by atoms with Gasteiger partial charge in [0.2, 0.25) is 5.89 Å². The number of methoxy groups -OCH3 is 1. The fourth-order valence-corrected chi connectivity index (χ4v) is 4.40. The molecule has 2 aromatic heterocycles. The summed E-state index contributed by atoms with van der Waals surface area (Å²) in [5.41, 5.74) is 1.04. The maximum Gasteiger partial charge on any atom is 0.243 e. The Morgan fingerprint density at radius 3 is 3.00 bits per heavy atom. The van der Waals surface area contributed by atoms with Gasteiger partial charge in [-0.2, -0.15) is 4.98 Å². The molecule has 1 atom stereocenters. The van der Waals surface area contributed by atoms with Crippen molar-refractivity contribution in [2.75, 3.05) is 13.7 Å². The summed E-state index contributed by atoms with van der Waals surface area (Å²) in [5.74, 6) is 2.28. The summed E-state index contributed by atoms with van der Waals surface area (Å²) in [7, 11) is 1.69. The van der Waals surface area contributed by atoms with E-state index in [1.165, 1.54) is 17.7 Å². The minimum Gasteiger partial charge on any atom is -0.496 e. The lowest BCUT2D eigenvalue weighted by Gasteiger charge is -2.32. The summed E-state index contributed by atoms with van der Waals surface area (Å²) in [4.78, 5) is 12.7. The average molecular weight is 370 g/mol. The topological polar surface area (TPSA) is 64.3 Å². The van der Waals surface area contributed by atoms with Crippen LogP contribution < -0.4 is 4.74 Å². The van der Waals surface area contributed by atoms with Gasteiger partial charge < -0.3 is 9.26 Å². The molecule has 0 spiro atoms. The zero-order valence-corrected chi connectivity index (χ0v) is 15.8. The number of aromatic nitrogens is 3. The van der Waals surface area contributed by atoms with Gasteiger partial charge in [0.25, 0.3) is 0 Å². The van der Waals surface area contributed by atoms with Crippen molar-refractivity contribution in [2.45, 2.75) is 38.8 Å². The van der Waals surface area contributed by atoms with Gasteiger partial charge in [-0.15, -0.1) is 11.3 Å². The highest BCUT2D eigenvalue weighted by molar-refractivity contribution is 7.15. The fourth-order valence-electron chi connectivity index (χ4n) is 3.43. The third-order valence-electron chi connectivity index (χ3n) is 4.69. The molecular weight excluding hydrogens is 348 g/mol. The van der Waals surface area contributed by atoms with Gasteiger partial charge in [-0.05, 0) is 38.4 Å². The van der Waals surface area contributed by atoms with Crippen LogP contribution in [0, 0.1) is 6.92 Å². The second-order valence-electron chi connectivity index (χ2n) is 6.49. The highest BCUT2D eigenvalue weighted by Crippen LogP contribution is 2.35. The monoisotopic (exact) mass is 370 g/mol. The third kappa shape index (κ3) is 3.50. The first-order valence-corrected chi connectivity index (χ1v) is 9.68. The number of para-hydroxylation sites is 1. The molecule has 6 nitrogen and oxygen atoms in total. The molecule has 1 aliphatic rings. The van der Waals surface area contributed by atoms with E-state index in [1.54, 1.807) is 18.4 Å². The number of piperidine rings is 1. The Bertz CT molecular complexity index is 876. The highest BCUT2D eigenvalue weighted by atomic mass is 32.1. The van der Waals surface area contributed by atoms with Crippen LogP contribution in [0.4, 0.5) is 0 Å². The van der Waals surface area contributed by atoms with Gasteiger partial charge in [-0.25, -0.2) is 4.98 Å². The van der Waals surface area contributed by atoms with Crippen LogP contribution in [-0.2, 0) is 6.54 Å². The number of aryl methyl sites for hydroxylation is 1. The van der Waals surface area contributed by atoms with Crippen LogP contribution in [0.2, 0.25) is 0 Å². The Labute approximate surface area is 156 Å². The lowest BCUT2D eigenvalue weighted by Crippen LogP contribution is -2.32. The van der Waals surface area contributed by atoms with Crippen molar-refractivity contribution in [1.82, 2.24) is 20.0 Å². The van der Waals surface area contributed by atoms with Crippen molar-refractivity contribution in [1.29, 1.82) is 0 Å². The molecule has 0 amide bonds. The molecule has 1 aliphatic heterocycles. The SMILES string of the molecule is COc1ccccc1-c1ncc(CN2CCCC[C@@H]2c2nc(C)no2)s1. The van der Waals surface area contributed by atoms with Gasteiger partial charge in [-0.3, -0.25) is 4.90 Å². The standard InChI is InChI=1S/C19H22N4O2S/c1-13-21-18(25-22-13)16-8-5-6-10-23(16)12-14-11-20-19(26-14)15-7-3-4-9-17(15)24-2/h3-4,7,9,11,16H,5-6,8,10,12H2,1-2H3/t16-/m1/s1. The Balaban J connectivity index is 1.54. The molecule has 0 unspecified atom stereocenters. The van der Waals surface area contributed by atoms with Gasteiger partial charge in [-0.1, -0.05) is 23.7 Å². The normalized spacial score (nSPS) is 18.2. The molecule has 0 N–H and O–H groups in total. The van der Waals surface area contributed by atoms with E-state index in [1.807, 2.05) is 37.4 Å². The molecule has 1 fully saturated rings. The maximum absolute atomic E-state index is 5.46. The van der Waals surface area contributed by atoms with E-state index >= 15 is 0 Å². The third-order valence-corrected chi connectivity index (χ3v) is 5.71. The summed E-state index contributed by atoms with van der Waals surface area (Å²) in [5, 5.41) is 4.95. The van der Waals surface area contributed by atoms with Crippen molar-refractivity contribution < 1.29 is 9.26 Å². The summed E-state index contributed by atoms with van der Waals surface area (Å²) >= 11 is 1.71. The zero-order chi connectivity index (χ0) is 17.9. The molecule has 0 radical (unpaired) electrons. The van der Waals surface area contributed by atoms with Crippen LogP contribution in [0.1, 0.15) is 41.9 Å². The van der Waals surface area contributed by atoms with E-state index in [-0.39, 0.29) is 6.04 Å². The molecule has 4 rings (SSSR count). The predicted octanol–water partition coefficient (Wildman–Crippen LogP) is 4.24. The van der Waals surface area contributed by atoms with Crippen LogP contribution >= 0.6 is 11.3 Å². The van der Waals surface area contributed by atoms with Crippen LogP contribution in [0.15, 0.2) is 35.0 Å². The predicted molar refractivity (Wildman–Crippen MR) is 100 cm³/mol. The molecule has 0 saturated carbocycles. The maximum atomic E-state index is 5.46. The molecule has 3 aromatic rings. The van der Waals surface area contributed by atoms with Crippen molar-refractivity contribution in [3.63, 3.8) is 0 Å². The van der Waals surface area contributed by atoms with E-state index in [2.05, 4.69) is 20.0 Å². The van der Waals surface area contributed by atoms with E-state index < -0.39 is 0 Å². The smallest absolute Gasteiger partial charge is 0.243 e. The average Bonchev–Trinajstić information content (AvgIpc) is 3.31. The number of hydrogen-bond donors (Lipinski definition) is 0. The second kappa shape index (κ2) is 7.55. The van der Waals surface area contributed by atoms with Crippen LogP contribution in [-0.4, -0.2) is 33.7 Å². The number of rotatable bonds is 5. The van der Waals surface area contributed by atoms with Crippen LogP contribution in [0.5, 0.6) is 5.75 Å². The largest absolute Gasteiger partial charge is 0.496 e. The van der Waals surface area contributed by atoms with E-state index in [9.17, 15) is 0 Å². The number of hydrogen-bond acceptors (Lipinski definition) is 7. The van der Waals surface area contributed by atoms with Crippen LogP contribution in [0.25, 0.3) is 10.6 Å². The molecule has 136 valence electrons. The Kier molecular flexibility index (Phi) is 4.99. The fraction of sp³-hybridized carbons (Fsp3) is 0.421. The molecule has 3 heterocycles. The van der Waals surface area contributed by atoms with Crippen LogP contribution in [0.3, 0.4) is 0 Å². The van der Waals surface area contributed by atoms with E-state index in [4.69, 9.17) is 9.26 Å². The lowest BCUT2D eigenvalue weighted by atomic mass is 10.0. The summed E-state index contributed by atoms with van der Waals surface area (Å²) in [6.07, 6.45) is 5.41. The second-order valence-corrected chi connectivity index (χ2v) is 7.61. The quantitative estimate of drug-likeness (QED) is 0.669. The summed E-state index contributed by atoms with van der Waals surface area (Å²) < 4.78 is 10.9. The Morgan fingerprint density at radius 1 is 1.31 bits per heavy atom. The first-order chi connectivity index (χ1) is 12.7. The summed E-state index contributed by atoms with van der Waals surface area (Å²) in [6, 6.07) is 8.20. The van der Waals surface area contributed by atoms with Crippen molar-refractivity contribution >= 4 is 11.3 Å². The first-order valence-electron chi connectivity index (χ1n) is 8.87. The molecule has 7 heteroatoms. The minimum atomic E-state index is 0.196. The number of thiazole rings is 1. The highest BCUT2D eigenvalue weighted by Gasteiger charge is 2.29. The molecule has 1 saturated heterocycles. The number of nitrogens with zero attached hydrogens (tertiary/aromatic N) is 4. The number of likely N-dealkylation sites (tertiary alicyclic amines) is 1. The molecular formula is C19H22N4O2S. The minimum absolute atomic E-state index is 0.196. The summed E-state index contributed by atoms with van der Waals surface area (Å²) in [6.45, 7) is 3.75. The Hall–Kier alpha value is -2.25. The van der Waals surface area contributed by atoms with E-state index in [0.29, 0.717) is 5.82 Å². The van der Waals surface area contributed by atoms with Gasteiger partial charge in [0.15, 0.2) is 5.82 Å². The molecule has 26 heavy (non-hydrogen) atoms. The van der Waals surface area contributed by atoms with Gasteiger partial charge >= 0.3 is 0 Å². The van der Waals surface area contributed by atoms with Crippen molar-refractivity contribution in [2.24, 2.45) is 0 Å². The zero-order valence-electron chi connectivity index (χ0n) is 15.0. The van der Waals surface area contributed by atoms with E-state index in [0.717, 1.165) is 41.7 Å². The van der Waals surface area contributed by atoms with Gasteiger partial charge in [0.05, 0.1) is 18.7 Å². The van der Waals surface area contributed by atoms with Gasteiger partial charge in [0, 0.05) is 17.6 Å². The Morgan fingerprint density at radius 2 is 2.19 bits per heavy atom. The van der Waals surface area contributed by atoms with Crippen molar-refractivity contribution in [3.05, 3.63) is 47.1 Å². The van der Waals surface area contributed by atoms with Gasteiger partial charge in [0.1, 0.15) is 10.8 Å². The number of ether oxygens (including phenoxy) is 1.